The molecule has 0 fully saturated rings. The van der Waals surface area contributed by atoms with Crippen LogP contribution in [-0.4, -0.2) is 34.1 Å². The number of para-hydroxylation sites is 3. The van der Waals surface area contributed by atoms with E-state index in [9.17, 15) is 0 Å². The maximum absolute atomic E-state index is 5.02. The van der Waals surface area contributed by atoms with Crippen molar-refractivity contribution in [1.82, 2.24) is 34.1 Å². The molecule has 5 aromatic heterocycles. The zero-order chi connectivity index (χ0) is 29.0. The normalized spacial score (nSPS) is 11.6. The van der Waals surface area contributed by atoms with Gasteiger partial charge in [-0.15, -0.1) is 0 Å². The Morgan fingerprint density at radius 2 is 0.841 bits per heavy atom. The quantitative estimate of drug-likeness (QED) is 0.215. The van der Waals surface area contributed by atoms with Gasteiger partial charge in [0.05, 0.1) is 22.1 Å². The van der Waals surface area contributed by atoms with E-state index in [2.05, 4.69) is 110 Å². The summed E-state index contributed by atoms with van der Waals surface area (Å²) in [5, 5.41) is 4.73. The Bertz CT molecular complexity index is 2390. The number of pyridine rings is 2. The molecule has 0 amide bonds. The lowest BCUT2D eigenvalue weighted by molar-refractivity contribution is 0.952. The van der Waals surface area contributed by atoms with Crippen LogP contribution in [-0.2, 0) is 0 Å². The van der Waals surface area contributed by atoms with Crippen molar-refractivity contribution in [3.63, 3.8) is 0 Å². The molecule has 206 valence electrons. The van der Waals surface area contributed by atoms with Gasteiger partial charge in [-0.1, -0.05) is 54.6 Å². The summed E-state index contributed by atoms with van der Waals surface area (Å²) < 4.78 is 4.49. The van der Waals surface area contributed by atoms with E-state index in [0.717, 1.165) is 38.6 Å². The first-order valence-electron chi connectivity index (χ1n) is 14.4. The van der Waals surface area contributed by atoms with Crippen LogP contribution in [0.3, 0.4) is 0 Å². The van der Waals surface area contributed by atoms with E-state index < -0.39 is 0 Å². The molecule has 0 aliphatic heterocycles. The van der Waals surface area contributed by atoms with Crippen molar-refractivity contribution >= 4 is 43.6 Å². The van der Waals surface area contributed by atoms with Gasteiger partial charge in [0.2, 0.25) is 5.95 Å². The van der Waals surface area contributed by atoms with Crippen molar-refractivity contribution in [1.29, 1.82) is 0 Å². The molecule has 44 heavy (non-hydrogen) atoms. The highest BCUT2D eigenvalue weighted by molar-refractivity contribution is 6.12. The molecule has 9 aromatic rings. The summed E-state index contributed by atoms with van der Waals surface area (Å²) in [6.45, 7) is 0. The fraction of sp³-hybridized carbons (Fsp3) is 0. The molecule has 0 aliphatic carbocycles. The van der Waals surface area contributed by atoms with Gasteiger partial charge in [-0.05, 0) is 60.7 Å². The van der Waals surface area contributed by atoms with Crippen LogP contribution >= 0.6 is 0 Å². The van der Waals surface area contributed by atoms with Crippen LogP contribution in [0.5, 0.6) is 0 Å². The number of fused-ring (bicyclic) bond motifs is 6. The minimum atomic E-state index is 0.550. The van der Waals surface area contributed by atoms with Gasteiger partial charge < -0.3 is 4.57 Å². The summed E-state index contributed by atoms with van der Waals surface area (Å²) >= 11 is 0. The Balaban J connectivity index is 1.32. The van der Waals surface area contributed by atoms with Crippen LogP contribution < -0.4 is 0 Å². The lowest BCUT2D eigenvalue weighted by atomic mass is 10.1. The van der Waals surface area contributed by atoms with Crippen molar-refractivity contribution in [2.75, 3.05) is 0 Å². The number of nitrogens with zero attached hydrogens (tertiary/aromatic N) is 7. The van der Waals surface area contributed by atoms with E-state index in [1.807, 2.05) is 24.3 Å². The summed E-state index contributed by atoms with van der Waals surface area (Å²) in [6, 6.07) is 39.9. The summed E-state index contributed by atoms with van der Waals surface area (Å²) in [5.74, 6) is 1.71. The lowest BCUT2D eigenvalue weighted by Gasteiger charge is -2.11. The molecule has 4 aromatic carbocycles. The summed E-state index contributed by atoms with van der Waals surface area (Å²) in [5.41, 5.74) is 7.24. The first kappa shape index (κ1) is 24.4. The number of hydrogen-bond acceptors (Lipinski definition) is 5. The van der Waals surface area contributed by atoms with Crippen LogP contribution in [0.25, 0.3) is 78.0 Å². The van der Waals surface area contributed by atoms with Crippen LogP contribution in [0.4, 0.5) is 0 Å². The Kier molecular flexibility index (Phi) is 5.36. The molecule has 0 bridgehead atoms. The average molecular weight is 566 g/mol. The highest BCUT2D eigenvalue weighted by atomic mass is 15.2. The lowest BCUT2D eigenvalue weighted by Crippen LogP contribution is -2.06. The summed E-state index contributed by atoms with van der Waals surface area (Å²) in [6.07, 6.45) is 7.01. The molecular formula is C37H23N7. The molecule has 0 aliphatic rings. The zero-order valence-electron chi connectivity index (χ0n) is 23.4. The van der Waals surface area contributed by atoms with Gasteiger partial charge in [-0.2, -0.15) is 9.97 Å². The summed E-state index contributed by atoms with van der Waals surface area (Å²) in [4.78, 5) is 23.3. The maximum Gasteiger partial charge on any atom is 0.238 e. The van der Waals surface area contributed by atoms with E-state index in [4.69, 9.17) is 15.0 Å². The molecule has 7 nitrogen and oxygen atoms in total. The summed E-state index contributed by atoms with van der Waals surface area (Å²) in [7, 11) is 0. The van der Waals surface area contributed by atoms with Crippen LogP contribution in [0.1, 0.15) is 0 Å². The highest BCUT2D eigenvalue weighted by Crippen LogP contribution is 2.36. The molecule has 7 heteroatoms. The van der Waals surface area contributed by atoms with Gasteiger partial charge >= 0.3 is 0 Å². The minimum absolute atomic E-state index is 0.550. The Morgan fingerprint density at radius 3 is 1.39 bits per heavy atom. The van der Waals surface area contributed by atoms with E-state index in [0.29, 0.717) is 17.6 Å². The predicted molar refractivity (Wildman–Crippen MR) is 175 cm³/mol. The molecule has 0 unspecified atom stereocenters. The third kappa shape index (κ3) is 3.73. The van der Waals surface area contributed by atoms with E-state index in [1.54, 1.807) is 24.8 Å². The number of hydrogen-bond donors (Lipinski definition) is 0. The van der Waals surface area contributed by atoms with Crippen molar-refractivity contribution in [2.24, 2.45) is 0 Å². The van der Waals surface area contributed by atoms with E-state index >= 15 is 0 Å². The Labute approximate surface area is 251 Å². The molecule has 0 atom stereocenters. The first-order chi connectivity index (χ1) is 21.8. The van der Waals surface area contributed by atoms with Gasteiger partial charge in [-0.25, -0.2) is 4.98 Å². The van der Waals surface area contributed by atoms with E-state index in [-0.39, 0.29) is 0 Å². The molecule has 0 saturated carbocycles. The SMILES string of the molecule is c1ccc2c(c1)c1ccccc1n2-c1ccc2c(c1)c1ccccc1n2-c1nc(-c2ccncc2)nc(-c2ccncc2)n1. The number of benzene rings is 4. The van der Waals surface area contributed by atoms with Crippen molar-refractivity contribution in [3.05, 3.63) is 140 Å². The molecule has 0 saturated heterocycles. The monoisotopic (exact) mass is 565 g/mol. The standard InChI is InChI=1S/C37H23N7/c1-4-10-31-27(7-1)28-8-2-5-11-32(28)43(31)26-13-14-34-30(23-26)29-9-3-6-12-33(29)44(34)37-41-35(24-15-19-38-20-16-24)40-36(42-37)25-17-21-39-22-18-25/h1-23H. The molecule has 0 N–H and O–H groups in total. The molecule has 0 radical (unpaired) electrons. The highest BCUT2D eigenvalue weighted by Gasteiger charge is 2.19. The molecule has 0 spiro atoms. The number of aromatic nitrogens is 7. The fourth-order valence-corrected chi connectivity index (χ4v) is 6.24. The number of rotatable bonds is 4. The van der Waals surface area contributed by atoms with Gasteiger partial charge in [0, 0.05) is 63.1 Å². The molecule has 9 rings (SSSR count). The van der Waals surface area contributed by atoms with E-state index in [1.165, 1.54) is 21.8 Å². The second-order valence-electron chi connectivity index (χ2n) is 10.7. The smallest absolute Gasteiger partial charge is 0.238 e. The predicted octanol–water partition coefficient (Wildman–Crippen LogP) is 8.19. The topological polar surface area (TPSA) is 74.3 Å². The van der Waals surface area contributed by atoms with Gasteiger partial charge in [-0.3, -0.25) is 14.5 Å². The fourth-order valence-electron chi connectivity index (χ4n) is 6.24. The Morgan fingerprint density at radius 1 is 0.386 bits per heavy atom. The molecular weight excluding hydrogens is 542 g/mol. The largest absolute Gasteiger partial charge is 0.309 e. The minimum Gasteiger partial charge on any atom is -0.309 e. The third-order valence-corrected chi connectivity index (χ3v) is 8.20. The van der Waals surface area contributed by atoms with Gasteiger partial charge in [0.25, 0.3) is 0 Å². The van der Waals surface area contributed by atoms with Gasteiger partial charge in [0.1, 0.15) is 0 Å². The zero-order valence-corrected chi connectivity index (χ0v) is 23.4. The first-order valence-corrected chi connectivity index (χ1v) is 14.4. The maximum atomic E-state index is 5.02. The van der Waals surface area contributed by atoms with Gasteiger partial charge in [0.15, 0.2) is 11.6 Å². The van der Waals surface area contributed by atoms with Crippen LogP contribution in [0.15, 0.2) is 140 Å². The van der Waals surface area contributed by atoms with Crippen LogP contribution in [0, 0.1) is 0 Å². The van der Waals surface area contributed by atoms with Crippen molar-refractivity contribution in [3.8, 4) is 34.4 Å². The Hall–Kier alpha value is -6.21. The third-order valence-electron chi connectivity index (χ3n) is 8.20. The average Bonchev–Trinajstić information content (AvgIpc) is 3.61. The van der Waals surface area contributed by atoms with Crippen molar-refractivity contribution in [2.45, 2.75) is 0 Å². The van der Waals surface area contributed by atoms with Crippen molar-refractivity contribution < 1.29 is 0 Å². The van der Waals surface area contributed by atoms with Crippen LogP contribution in [0.2, 0.25) is 0 Å². The second kappa shape index (κ2) is 9.68. The second-order valence-corrected chi connectivity index (χ2v) is 10.7. The molecule has 5 heterocycles.